The van der Waals surface area contributed by atoms with Crippen LogP contribution >= 0.6 is 0 Å². The molecular weight excluding hydrogens is 1040 g/mol. The second kappa shape index (κ2) is 31.9. The summed E-state index contributed by atoms with van der Waals surface area (Å²) in [7, 11) is 3.77. The van der Waals surface area contributed by atoms with Crippen LogP contribution in [0.2, 0.25) is 0 Å². The minimum absolute atomic E-state index is 0.0330. The first-order chi connectivity index (χ1) is 37.8. The third-order valence-electron chi connectivity index (χ3n) is 14.8. The van der Waals surface area contributed by atoms with E-state index in [2.05, 4.69) is 42.5 Å². The van der Waals surface area contributed by atoms with Crippen LogP contribution in [0, 0.1) is 29.5 Å². The van der Waals surface area contributed by atoms with Crippen molar-refractivity contribution in [2.45, 2.75) is 214 Å². The van der Waals surface area contributed by atoms with Gasteiger partial charge in [-0.2, -0.15) is 0 Å². The van der Waals surface area contributed by atoms with Crippen molar-refractivity contribution in [3.05, 3.63) is 35.6 Å². The van der Waals surface area contributed by atoms with Gasteiger partial charge >= 0.3 is 0 Å². The third-order valence-corrected chi connectivity index (χ3v) is 14.8. The Kier molecular flexibility index (Phi) is 27.2. The number of likely N-dealkylation sites (tertiary alicyclic amines) is 1. The average Bonchev–Trinajstić information content (AvgIpc) is 3.98. The molecule has 1 aromatic rings. The van der Waals surface area contributed by atoms with Gasteiger partial charge in [-0.25, -0.2) is 4.39 Å². The van der Waals surface area contributed by atoms with Gasteiger partial charge in [0, 0.05) is 38.2 Å². The van der Waals surface area contributed by atoms with E-state index >= 15 is 0 Å². The lowest BCUT2D eigenvalue weighted by Crippen LogP contribution is -2.65. The Morgan fingerprint density at radius 2 is 1.12 bits per heavy atom. The summed E-state index contributed by atoms with van der Waals surface area (Å²) >= 11 is 0. The number of carbonyl (C=O) groups is 10. The van der Waals surface area contributed by atoms with Crippen LogP contribution in [-0.4, -0.2) is 161 Å². The zero-order valence-electron chi connectivity index (χ0n) is 50.9. The van der Waals surface area contributed by atoms with Gasteiger partial charge in [0.05, 0.1) is 0 Å². The Morgan fingerprint density at radius 1 is 0.617 bits per heavy atom. The summed E-state index contributed by atoms with van der Waals surface area (Å²) < 4.78 is 13.8. The molecule has 0 radical (unpaired) electrons. The topological polar surface area (TPSA) is 277 Å². The quantitative estimate of drug-likeness (QED) is 0.0477. The molecular formula is C59H98FN11O10. The summed E-state index contributed by atoms with van der Waals surface area (Å²) in [4.78, 5) is 143. The molecule has 10 amide bonds. The molecule has 0 aromatic heterocycles. The van der Waals surface area contributed by atoms with Crippen molar-refractivity contribution in [3.63, 3.8) is 0 Å². The second-order valence-electron chi connectivity index (χ2n) is 25.3. The van der Waals surface area contributed by atoms with Crippen LogP contribution in [0.25, 0.3) is 0 Å². The van der Waals surface area contributed by atoms with Gasteiger partial charge in [-0.1, -0.05) is 73.6 Å². The molecule has 0 unspecified atom stereocenters. The summed E-state index contributed by atoms with van der Waals surface area (Å²) in [6.07, 6.45) is 7.41. The summed E-state index contributed by atoms with van der Waals surface area (Å²) in [5, 5.41) is 22.1. The van der Waals surface area contributed by atoms with E-state index in [0.717, 1.165) is 32.1 Å². The van der Waals surface area contributed by atoms with Gasteiger partial charge in [0.25, 0.3) is 5.91 Å². The minimum Gasteiger partial charge on any atom is -0.355 e. The highest BCUT2D eigenvalue weighted by atomic mass is 19.1. The standard InChI is InChI=1S/C59H98FN11O10/c1-37(2)33-43(49(74)63-44(34-38(3)4)50(75)67-59(11,12)56(81)68-57(7,8)54(79)62-29-28-47(73)61-30-32-69(13)14)65-55(80)58(9,10)66-51(76)45(35-39(5)6)64-52(77)46(27-22-40-19-16-15-17-20-40)71(36-72)48-21-18-31-70(48)53(78)41-23-25-42(60)26-24-41/h23-26,36-40,43-46,48H,15-22,27-35H2,1-14H3,(H,61,73)(H,62,79)(H,63,74)(H,64,77)(H,65,80)(H,66,76)(H,67,75)(H,68,81)/t43-,44-,45-,46-,48+/m0/s1. The Morgan fingerprint density at radius 3 is 1.64 bits per heavy atom. The Hall–Kier alpha value is -6.19. The van der Waals surface area contributed by atoms with Crippen LogP contribution in [0.3, 0.4) is 0 Å². The van der Waals surface area contributed by atoms with Crippen LogP contribution in [0.1, 0.15) is 177 Å². The summed E-state index contributed by atoms with van der Waals surface area (Å²) in [6.45, 7) is 21.4. The van der Waals surface area contributed by atoms with Gasteiger partial charge in [-0.3, -0.25) is 47.9 Å². The van der Waals surface area contributed by atoms with E-state index in [0.29, 0.717) is 51.2 Å². The first kappa shape index (κ1) is 69.1. The molecule has 0 spiro atoms. The first-order valence-corrected chi connectivity index (χ1v) is 29.2. The molecule has 8 N–H and O–H groups in total. The van der Waals surface area contributed by atoms with Gasteiger partial charge in [-0.15, -0.1) is 0 Å². The Bertz CT molecular complexity index is 2300. The van der Waals surface area contributed by atoms with Crippen LogP contribution in [0.15, 0.2) is 24.3 Å². The van der Waals surface area contributed by atoms with Gasteiger partial charge in [-0.05, 0) is 149 Å². The first-order valence-electron chi connectivity index (χ1n) is 29.2. The smallest absolute Gasteiger partial charge is 0.255 e. The molecule has 1 saturated heterocycles. The maximum absolute atomic E-state index is 14.7. The maximum Gasteiger partial charge on any atom is 0.255 e. The van der Waals surface area contributed by atoms with E-state index in [1.165, 1.54) is 75.6 Å². The number of benzene rings is 1. The molecule has 81 heavy (non-hydrogen) atoms. The number of halogens is 1. The largest absolute Gasteiger partial charge is 0.355 e. The van der Waals surface area contributed by atoms with E-state index in [-0.39, 0.29) is 67.9 Å². The molecule has 456 valence electrons. The van der Waals surface area contributed by atoms with Crippen LogP contribution < -0.4 is 42.5 Å². The van der Waals surface area contributed by atoms with E-state index in [4.69, 9.17) is 0 Å². The number of hydrogen-bond donors (Lipinski definition) is 8. The van der Waals surface area contributed by atoms with Crippen molar-refractivity contribution in [1.29, 1.82) is 0 Å². The highest BCUT2D eigenvalue weighted by molar-refractivity contribution is 6.00. The number of likely N-dealkylation sites (N-methyl/N-ethyl adjacent to an activating group) is 1. The maximum atomic E-state index is 14.7. The molecule has 21 nitrogen and oxygen atoms in total. The predicted molar refractivity (Wildman–Crippen MR) is 308 cm³/mol. The van der Waals surface area contributed by atoms with Gasteiger partial charge in [0.1, 0.15) is 52.8 Å². The van der Waals surface area contributed by atoms with Crippen molar-refractivity contribution in [3.8, 4) is 0 Å². The minimum atomic E-state index is -1.66. The molecule has 22 heteroatoms. The van der Waals surface area contributed by atoms with Gasteiger partial charge < -0.3 is 57.2 Å². The average molecular weight is 1140 g/mol. The number of carbonyl (C=O) groups excluding carboxylic acids is 10. The highest BCUT2D eigenvalue weighted by Crippen LogP contribution is 2.31. The summed E-state index contributed by atoms with van der Waals surface area (Å²) in [6, 6.07) is 0.572. The molecule has 1 heterocycles. The Balaban J connectivity index is 1.78. The fourth-order valence-electron chi connectivity index (χ4n) is 10.1. The fraction of sp³-hybridized carbons (Fsp3) is 0.729. The fourth-order valence-corrected chi connectivity index (χ4v) is 10.1. The third kappa shape index (κ3) is 22.6. The lowest BCUT2D eigenvalue weighted by atomic mass is 9.85. The lowest BCUT2D eigenvalue weighted by molar-refractivity contribution is -0.141. The molecule has 5 atom stereocenters. The van der Waals surface area contributed by atoms with Crippen LogP contribution in [0.4, 0.5) is 4.39 Å². The molecule has 0 bridgehead atoms. The predicted octanol–water partition coefficient (Wildman–Crippen LogP) is 4.04. The van der Waals surface area contributed by atoms with Gasteiger partial charge in [0.2, 0.25) is 53.7 Å². The number of nitrogens with one attached hydrogen (secondary N) is 8. The normalized spacial score (nSPS) is 16.7. The monoisotopic (exact) mass is 1140 g/mol. The van der Waals surface area contributed by atoms with Gasteiger partial charge in [0.15, 0.2) is 0 Å². The molecule has 1 aromatic carbocycles. The van der Waals surface area contributed by atoms with Crippen molar-refractivity contribution in [2.24, 2.45) is 23.7 Å². The van der Waals surface area contributed by atoms with Crippen molar-refractivity contribution >= 4 is 59.6 Å². The number of hydrogen-bond acceptors (Lipinski definition) is 11. The van der Waals surface area contributed by atoms with Crippen molar-refractivity contribution in [1.82, 2.24) is 57.2 Å². The lowest BCUT2D eigenvalue weighted by Gasteiger charge is -2.38. The summed E-state index contributed by atoms with van der Waals surface area (Å²) in [5.74, 6) is -5.79. The number of nitrogens with zero attached hydrogens (tertiary/aromatic N) is 3. The molecule has 1 aliphatic carbocycles. The van der Waals surface area contributed by atoms with E-state index < -0.39 is 100 Å². The van der Waals surface area contributed by atoms with Crippen LogP contribution in [-0.2, 0) is 43.2 Å². The van der Waals surface area contributed by atoms with Crippen molar-refractivity contribution < 1.29 is 52.3 Å². The van der Waals surface area contributed by atoms with Crippen LogP contribution in [0.5, 0.6) is 0 Å². The molecule has 2 aliphatic rings. The molecule has 2 fully saturated rings. The number of amides is 10. The highest BCUT2D eigenvalue weighted by Gasteiger charge is 2.43. The van der Waals surface area contributed by atoms with Crippen molar-refractivity contribution in [2.75, 3.05) is 40.3 Å². The van der Waals surface area contributed by atoms with E-state index in [1.807, 2.05) is 60.5 Å². The SMILES string of the molecule is CC(C)C[C@H](NC(=O)[C@H](CC(C)C)NC(=O)C(C)(C)NC(=O)[C@H](CC(C)C)NC(=O)[C@H](CCC1CCCCC1)N(C=O)[C@@H]1CCCN1C(=O)c1ccc(F)cc1)C(=O)NC(C)(C)C(=O)NC(C)(C)C(=O)NCCC(=O)NCCN(C)C. The van der Waals surface area contributed by atoms with E-state index in [1.54, 1.807) is 0 Å². The molecule has 1 aliphatic heterocycles. The van der Waals surface area contributed by atoms with E-state index in [9.17, 15) is 52.3 Å². The Labute approximate surface area is 480 Å². The second-order valence-corrected chi connectivity index (χ2v) is 25.3. The zero-order chi connectivity index (χ0) is 61.0. The molecule has 1 saturated carbocycles. The zero-order valence-corrected chi connectivity index (χ0v) is 50.9. The summed E-state index contributed by atoms with van der Waals surface area (Å²) in [5.41, 5.74) is -4.45. The number of rotatable bonds is 32. The molecule has 3 rings (SSSR count).